The molecule has 4 N–H and O–H groups in total. The number of aliphatic hydroxyl groups is 3. The fourth-order valence-corrected chi connectivity index (χ4v) is 6.50. The molecule has 0 aromatic heterocycles. The number of rotatable bonds is 35. The molecule has 56 heavy (non-hydrogen) atoms. The summed E-state index contributed by atoms with van der Waals surface area (Å²) < 4.78 is 58.6. The van der Waals surface area contributed by atoms with Crippen molar-refractivity contribution in [1.29, 1.82) is 0 Å². The summed E-state index contributed by atoms with van der Waals surface area (Å²) in [4.78, 5) is 12.8. The molecule has 0 radical (unpaired) electrons. The second kappa shape index (κ2) is 34.8. The molecule has 1 aliphatic heterocycles. The number of carbonyl (C=O) groups is 1. The zero-order valence-electron chi connectivity index (χ0n) is 34.2. The van der Waals surface area contributed by atoms with Crippen molar-refractivity contribution in [3.63, 3.8) is 0 Å². The first-order valence-electron chi connectivity index (χ1n) is 21.0. The van der Waals surface area contributed by atoms with Crippen molar-refractivity contribution in [3.05, 3.63) is 60.8 Å². The molecular weight excluding hydrogens is 741 g/mol. The van der Waals surface area contributed by atoms with Crippen LogP contribution in [0.5, 0.6) is 0 Å². The third kappa shape index (κ3) is 28.2. The van der Waals surface area contributed by atoms with Gasteiger partial charge in [-0.3, -0.25) is 9.35 Å². The van der Waals surface area contributed by atoms with Gasteiger partial charge in [-0.25, -0.2) is 4.18 Å². The Labute approximate surface area is 338 Å². The molecule has 0 amide bonds. The van der Waals surface area contributed by atoms with Gasteiger partial charge in [-0.1, -0.05) is 139 Å². The lowest BCUT2D eigenvalue weighted by Gasteiger charge is -2.41. The number of carbonyl (C=O) groups excluding carboxylic acids is 1. The molecule has 0 saturated carbocycles. The zero-order chi connectivity index (χ0) is 41.1. The van der Waals surface area contributed by atoms with E-state index >= 15 is 0 Å². The molecule has 13 heteroatoms. The molecular formula is C43H74O12S. The van der Waals surface area contributed by atoms with Gasteiger partial charge in [0, 0.05) is 13.0 Å². The molecule has 1 saturated heterocycles. The van der Waals surface area contributed by atoms with Gasteiger partial charge in [-0.2, -0.15) is 8.42 Å². The van der Waals surface area contributed by atoms with Crippen molar-refractivity contribution in [2.45, 2.75) is 179 Å². The molecule has 0 spiro atoms. The highest BCUT2D eigenvalue weighted by Crippen LogP contribution is 2.26. The van der Waals surface area contributed by atoms with Gasteiger partial charge in [-0.05, 0) is 57.8 Å². The van der Waals surface area contributed by atoms with Crippen LogP contribution in [0, 0.1) is 0 Å². The van der Waals surface area contributed by atoms with Gasteiger partial charge in [0.25, 0.3) is 0 Å². The Morgan fingerprint density at radius 2 is 1.23 bits per heavy atom. The van der Waals surface area contributed by atoms with Crippen LogP contribution in [0.25, 0.3) is 0 Å². The normalized spacial score (nSPS) is 21.4. The van der Waals surface area contributed by atoms with Crippen LogP contribution in [0.2, 0.25) is 0 Å². The molecule has 0 bridgehead atoms. The SMILES string of the molecule is CC/C=C\C/C=C\C/C=C\C/C=C\C/C=C\CCCCCCCCCC(=O)OC(COCCCCCCCC)COC1OC(CO)C(O)C(OS(=O)(=O)O)C1O. The maximum absolute atomic E-state index is 12.8. The van der Waals surface area contributed by atoms with E-state index in [0.29, 0.717) is 13.0 Å². The average Bonchev–Trinajstić information content (AvgIpc) is 3.17. The molecule has 0 aliphatic carbocycles. The van der Waals surface area contributed by atoms with E-state index in [1.54, 1.807) is 0 Å². The Hall–Kier alpha value is -2.20. The summed E-state index contributed by atoms with van der Waals surface area (Å²) in [7, 11) is -5.06. The zero-order valence-corrected chi connectivity index (χ0v) is 35.0. The fraction of sp³-hybridized carbons (Fsp3) is 0.744. The molecule has 12 nitrogen and oxygen atoms in total. The van der Waals surface area contributed by atoms with E-state index < -0.39 is 59.8 Å². The molecule has 1 heterocycles. The number of ether oxygens (including phenoxy) is 4. The highest BCUT2D eigenvalue weighted by Gasteiger charge is 2.48. The largest absolute Gasteiger partial charge is 0.457 e. The molecule has 1 fully saturated rings. The highest BCUT2D eigenvalue weighted by atomic mass is 32.3. The first kappa shape index (κ1) is 51.8. The van der Waals surface area contributed by atoms with Gasteiger partial charge in [0.15, 0.2) is 6.29 Å². The number of aliphatic hydroxyl groups excluding tert-OH is 3. The molecule has 0 aromatic carbocycles. The topological polar surface area (TPSA) is 178 Å². The Bertz CT molecular complexity index is 1220. The van der Waals surface area contributed by atoms with E-state index in [9.17, 15) is 28.5 Å². The first-order chi connectivity index (χ1) is 27.1. The van der Waals surface area contributed by atoms with Crippen LogP contribution in [-0.4, -0.2) is 97.5 Å². The van der Waals surface area contributed by atoms with Crippen molar-refractivity contribution >= 4 is 16.4 Å². The van der Waals surface area contributed by atoms with E-state index in [1.807, 2.05) is 0 Å². The summed E-state index contributed by atoms with van der Waals surface area (Å²) >= 11 is 0. The fourth-order valence-electron chi connectivity index (χ4n) is 5.99. The maximum Gasteiger partial charge on any atom is 0.397 e. The van der Waals surface area contributed by atoms with Crippen LogP contribution in [0.4, 0.5) is 0 Å². The van der Waals surface area contributed by atoms with Crippen molar-refractivity contribution < 1.29 is 56.2 Å². The minimum Gasteiger partial charge on any atom is -0.457 e. The Morgan fingerprint density at radius 3 is 1.80 bits per heavy atom. The highest BCUT2D eigenvalue weighted by molar-refractivity contribution is 7.80. The van der Waals surface area contributed by atoms with E-state index in [4.69, 9.17) is 23.5 Å². The Morgan fingerprint density at radius 1 is 0.696 bits per heavy atom. The van der Waals surface area contributed by atoms with Crippen LogP contribution in [0.1, 0.15) is 142 Å². The lowest BCUT2D eigenvalue weighted by molar-refractivity contribution is -0.301. The molecule has 6 atom stereocenters. The van der Waals surface area contributed by atoms with Crippen molar-refractivity contribution in [2.24, 2.45) is 0 Å². The van der Waals surface area contributed by atoms with E-state index in [-0.39, 0.29) is 19.6 Å². The second-order valence-electron chi connectivity index (χ2n) is 14.2. The molecule has 1 aliphatic rings. The van der Waals surface area contributed by atoms with Gasteiger partial charge in [-0.15, -0.1) is 0 Å². The summed E-state index contributed by atoms with van der Waals surface area (Å²) in [6.07, 6.45) is 32.9. The minimum absolute atomic E-state index is 0.0279. The molecule has 6 unspecified atom stereocenters. The van der Waals surface area contributed by atoms with Gasteiger partial charge in [0.2, 0.25) is 0 Å². The van der Waals surface area contributed by atoms with E-state index in [0.717, 1.165) is 89.9 Å². The van der Waals surface area contributed by atoms with Gasteiger partial charge < -0.3 is 34.3 Å². The third-order valence-electron chi connectivity index (χ3n) is 9.15. The predicted octanol–water partition coefficient (Wildman–Crippen LogP) is 8.18. The first-order valence-corrected chi connectivity index (χ1v) is 22.4. The van der Waals surface area contributed by atoms with Gasteiger partial charge >= 0.3 is 16.4 Å². The van der Waals surface area contributed by atoms with Gasteiger partial charge in [0.1, 0.15) is 30.5 Å². The van der Waals surface area contributed by atoms with Crippen LogP contribution in [0.3, 0.4) is 0 Å². The molecule has 1 rings (SSSR count). The standard InChI is InChI=1S/C43H74O12S/c1-3-5-7-9-11-12-13-14-15-16-17-18-19-20-21-22-23-24-25-26-27-28-30-32-39(45)53-37(35-51-33-31-29-10-8-6-4-2)36-52-43-41(47)42(55-56(48,49)50)40(46)38(34-44)54-43/h5,7,11-12,14-15,17-18,20-21,37-38,40-44,46-47H,3-4,6,8-10,13,16,19,22-36H2,1-2H3,(H,48,49,50)/b7-5-,12-11-,15-14-,18-17-,21-20-. The Balaban J connectivity index is 2.34. The monoisotopic (exact) mass is 814 g/mol. The van der Waals surface area contributed by atoms with E-state index in [1.165, 1.54) is 25.7 Å². The van der Waals surface area contributed by atoms with Crippen molar-refractivity contribution in [1.82, 2.24) is 0 Å². The van der Waals surface area contributed by atoms with Crippen LogP contribution in [0.15, 0.2) is 60.8 Å². The molecule has 0 aromatic rings. The lowest BCUT2D eigenvalue weighted by Crippen LogP contribution is -2.60. The summed E-state index contributed by atoms with van der Waals surface area (Å²) in [5.74, 6) is -0.417. The smallest absolute Gasteiger partial charge is 0.397 e. The third-order valence-corrected chi connectivity index (χ3v) is 9.62. The number of hydrogen-bond acceptors (Lipinski definition) is 11. The summed E-state index contributed by atoms with van der Waals surface area (Å²) in [6.45, 7) is 3.77. The van der Waals surface area contributed by atoms with Crippen LogP contribution >= 0.6 is 0 Å². The predicted molar refractivity (Wildman–Crippen MR) is 220 cm³/mol. The molecule has 324 valence electrons. The summed E-state index contributed by atoms with van der Waals surface area (Å²) in [6, 6.07) is 0. The van der Waals surface area contributed by atoms with E-state index in [2.05, 4.69) is 78.8 Å². The van der Waals surface area contributed by atoms with Crippen molar-refractivity contribution in [2.75, 3.05) is 26.4 Å². The number of esters is 1. The Kier molecular flexibility index (Phi) is 32.2. The minimum atomic E-state index is -5.06. The van der Waals surface area contributed by atoms with Crippen LogP contribution < -0.4 is 0 Å². The number of unbranched alkanes of at least 4 members (excludes halogenated alkanes) is 12. The summed E-state index contributed by atoms with van der Waals surface area (Å²) in [5, 5.41) is 30.5. The van der Waals surface area contributed by atoms with Gasteiger partial charge in [0.05, 0.1) is 19.8 Å². The number of allylic oxidation sites excluding steroid dienone is 10. The number of hydrogen-bond donors (Lipinski definition) is 4. The lowest BCUT2D eigenvalue weighted by atomic mass is 9.99. The second-order valence-corrected chi connectivity index (χ2v) is 15.3. The average molecular weight is 815 g/mol. The maximum atomic E-state index is 12.8. The van der Waals surface area contributed by atoms with Crippen molar-refractivity contribution in [3.8, 4) is 0 Å². The summed E-state index contributed by atoms with van der Waals surface area (Å²) in [5.41, 5.74) is 0. The van der Waals surface area contributed by atoms with Crippen LogP contribution in [-0.2, 0) is 38.3 Å². The quantitative estimate of drug-likeness (QED) is 0.0209.